The number of piperidine rings is 1. The molecule has 0 amide bonds. The fourth-order valence-electron chi connectivity index (χ4n) is 3.12. The predicted octanol–water partition coefficient (Wildman–Crippen LogP) is 3.68. The van der Waals surface area contributed by atoms with Gasteiger partial charge in [-0.15, -0.1) is 0 Å². The lowest BCUT2D eigenvalue weighted by molar-refractivity contribution is 0.269. The lowest BCUT2D eigenvalue weighted by Crippen LogP contribution is -2.35. The second-order valence-corrected chi connectivity index (χ2v) is 5.90. The topological polar surface area (TPSA) is 15.3 Å². The summed E-state index contributed by atoms with van der Waals surface area (Å²) in [6.45, 7) is 8.55. The molecule has 1 saturated heterocycles. The number of anilines is 1. The Kier molecular flexibility index (Phi) is 5.84. The van der Waals surface area contributed by atoms with E-state index in [-0.39, 0.29) is 5.82 Å². The number of hydrogen-bond donors (Lipinski definition) is 1. The molecule has 1 aliphatic rings. The second kappa shape index (κ2) is 7.63. The zero-order valence-corrected chi connectivity index (χ0v) is 12.7. The van der Waals surface area contributed by atoms with Crippen LogP contribution in [0.2, 0.25) is 0 Å². The molecule has 1 N–H and O–H groups in total. The van der Waals surface area contributed by atoms with Crippen molar-refractivity contribution in [3.8, 4) is 0 Å². The van der Waals surface area contributed by atoms with Gasteiger partial charge in [-0.3, -0.25) is 0 Å². The van der Waals surface area contributed by atoms with Crippen LogP contribution in [0.3, 0.4) is 0 Å². The number of nitrogens with zero attached hydrogens (tertiary/aromatic N) is 1. The van der Waals surface area contributed by atoms with Crippen LogP contribution in [0.25, 0.3) is 0 Å². The average Bonchev–Trinajstić information content (AvgIpc) is 2.50. The van der Waals surface area contributed by atoms with Gasteiger partial charge in [0, 0.05) is 13.1 Å². The third kappa shape index (κ3) is 3.95. The average molecular weight is 278 g/mol. The van der Waals surface area contributed by atoms with Crippen molar-refractivity contribution in [3.05, 3.63) is 30.1 Å². The fraction of sp³-hybridized carbons (Fsp3) is 0.647. The van der Waals surface area contributed by atoms with Crippen LogP contribution in [0.15, 0.2) is 24.3 Å². The predicted molar refractivity (Wildman–Crippen MR) is 83.7 cm³/mol. The summed E-state index contributed by atoms with van der Waals surface area (Å²) in [4.78, 5) is 2.15. The maximum Gasteiger partial charge on any atom is 0.146 e. The van der Waals surface area contributed by atoms with Gasteiger partial charge in [-0.05, 0) is 63.2 Å². The van der Waals surface area contributed by atoms with E-state index in [1.165, 1.54) is 19.4 Å². The third-order valence-electron chi connectivity index (χ3n) is 4.57. The molecule has 112 valence electrons. The molecule has 0 aliphatic carbocycles. The normalized spacial score (nSPS) is 20.6. The minimum atomic E-state index is -0.110. The summed E-state index contributed by atoms with van der Waals surface area (Å²) in [6, 6.07) is 7.09. The van der Waals surface area contributed by atoms with E-state index in [1.54, 1.807) is 12.1 Å². The zero-order valence-electron chi connectivity index (χ0n) is 12.7. The summed E-state index contributed by atoms with van der Waals surface area (Å²) in [5.74, 6) is 1.37. The summed E-state index contributed by atoms with van der Waals surface area (Å²) < 4.78 is 13.9. The van der Waals surface area contributed by atoms with Gasteiger partial charge in [0.25, 0.3) is 0 Å². The van der Waals surface area contributed by atoms with Gasteiger partial charge in [-0.1, -0.05) is 19.1 Å². The Balaban J connectivity index is 1.89. The molecule has 0 aromatic heterocycles. The Morgan fingerprint density at radius 2 is 2.20 bits per heavy atom. The highest BCUT2D eigenvalue weighted by Gasteiger charge is 2.20. The van der Waals surface area contributed by atoms with Crippen LogP contribution >= 0.6 is 0 Å². The maximum absolute atomic E-state index is 13.9. The van der Waals surface area contributed by atoms with Crippen LogP contribution in [-0.4, -0.2) is 26.2 Å². The number of hydrogen-bond acceptors (Lipinski definition) is 2. The zero-order chi connectivity index (χ0) is 14.4. The molecule has 0 bridgehead atoms. The first kappa shape index (κ1) is 15.3. The molecular weight excluding hydrogens is 251 g/mol. The van der Waals surface area contributed by atoms with E-state index in [0.717, 1.165) is 37.7 Å². The van der Waals surface area contributed by atoms with Crippen molar-refractivity contribution in [1.82, 2.24) is 5.32 Å². The van der Waals surface area contributed by atoms with Gasteiger partial charge in [0.05, 0.1) is 5.69 Å². The summed E-state index contributed by atoms with van der Waals surface area (Å²) in [6.07, 6.45) is 3.76. The molecule has 1 heterocycles. The number of rotatable bonds is 6. The van der Waals surface area contributed by atoms with Gasteiger partial charge in [-0.25, -0.2) is 4.39 Å². The van der Waals surface area contributed by atoms with Crippen molar-refractivity contribution in [3.63, 3.8) is 0 Å². The third-order valence-corrected chi connectivity index (χ3v) is 4.57. The molecule has 1 fully saturated rings. The van der Waals surface area contributed by atoms with E-state index < -0.39 is 0 Å². The van der Waals surface area contributed by atoms with Crippen LogP contribution in [0, 0.1) is 17.7 Å². The minimum Gasteiger partial charge on any atom is -0.369 e. The van der Waals surface area contributed by atoms with Gasteiger partial charge in [0.1, 0.15) is 5.82 Å². The molecule has 20 heavy (non-hydrogen) atoms. The summed E-state index contributed by atoms with van der Waals surface area (Å²) in [7, 11) is 0. The van der Waals surface area contributed by atoms with Crippen molar-refractivity contribution in [2.45, 2.75) is 33.1 Å². The van der Waals surface area contributed by atoms with E-state index in [2.05, 4.69) is 24.1 Å². The summed E-state index contributed by atoms with van der Waals surface area (Å²) in [5, 5.41) is 3.48. The van der Waals surface area contributed by atoms with Crippen LogP contribution < -0.4 is 10.2 Å². The van der Waals surface area contributed by atoms with Crippen LogP contribution in [0.1, 0.15) is 33.1 Å². The molecule has 1 aliphatic heterocycles. The SMILES string of the molecule is CCN(CCC(C)C1CCCNC1)c1ccccc1F. The molecule has 0 spiro atoms. The van der Waals surface area contributed by atoms with Crippen molar-refractivity contribution >= 4 is 5.69 Å². The van der Waals surface area contributed by atoms with Gasteiger partial charge in [-0.2, -0.15) is 0 Å². The molecule has 1 aromatic rings. The van der Waals surface area contributed by atoms with E-state index >= 15 is 0 Å². The molecule has 2 unspecified atom stereocenters. The Morgan fingerprint density at radius 3 is 2.85 bits per heavy atom. The number of para-hydroxylation sites is 1. The van der Waals surface area contributed by atoms with Crippen molar-refractivity contribution in [2.24, 2.45) is 11.8 Å². The first-order chi connectivity index (χ1) is 9.72. The number of nitrogens with one attached hydrogen (secondary N) is 1. The summed E-state index contributed by atoms with van der Waals surface area (Å²) >= 11 is 0. The lowest BCUT2D eigenvalue weighted by Gasteiger charge is -2.31. The maximum atomic E-state index is 13.9. The standard InChI is InChI=1S/C17H27FN2/c1-3-20(17-9-5-4-8-16(17)18)12-10-14(2)15-7-6-11-19-13-15/h4-5,8-9,14-15,19H,3,6-7,10-13H2,1-2H3. The van der Waals surface area contributed by atoms with E-state index in [9.17, 15) is 4.39 Å². The highest BCUT2D eigenvalue weighted by atomic mass is 19.1. The first-order valence-electron chi connectivity index (χ1n) is 7.92. The smallest absolute Gasteiger partial charge is 0.146 e. The van der Waals surface area contributed by atoms with Gasteiger partial charge in [0.2, 0.25) is 0 Å². The highest BCUT2D eigenvalue weighted by molar-refractivity contribution is 5.47. The fourth-order valence-corrected chi connectivity index (χ4v) is 3.12. The van der Waals surface area contributed by atoms with Crippen LogP contribution in [0.4, 0.5) is 10.1 Å². The highest BCUT2D eigenvalue weighted by Crippen LogP contribution is 2.25. The molecule has 2 nitrogen and oxygen atoms in total. The minimum absolute atomic E-state index is 0.110. The van der Waals surface area contributed by atoms with Crippen molar-refractivity contribution < 1.29 is 4.39 Å². The molecule has 2 atom stereocenters. The second-order valence-electron chi connectivity index (χ2n) is 5.90. The largest absolute Gasteiger partial charge is 0.369 e. The van der Waals surface area contributed by atoms with Gasteiger partial charge in [0.15, 0.2) is 0 Å². The summed E-state index contributed by atoms with van der Waals surface area (Å²) in [5.41, 5.74) is 0.740. The molecule has 0 saturated carbocycles. The lowest BCUT2D eigenvalue weighted by atomic mass is 9.85. The molecule has 3 heteroatoms. The molecule has 0 radical (unpaired) electrons. The Hall–Kier alpha value is -1.09. The van der Waals surface area contributed by atoms with E-state index in [0.29, 0.717) is 5.92 Å². The van der Waals surface area contributed by atoms with Crippen LogP contribution in [0.5, 0.6) is 0 Å². The van der Waals surface area contributed by atoms with Crippen molar-refractivity contribution in [2.75, 3.05) is 31.1 Å². The number of halogens is 1. The first-order valence-corrected chi connectivity index (χ1v) is 7.92. The van der Waals surface area contributed by atoms with Crippen molar-refractivity contribution in [1.29, 1.82) is 0 Å². The Morgan fingerprint density at radius 1 is 1.40 bits per heavy atom. The van der Waals surface area contributed by atoms with Gasteiger partial charge >= 0.3 is 0 Å². The molecule has 2 rings (SSSR count). The molecule has 1 aromatic carbocycles. The Labute approximate surface area is 122 Å². The van der Waals surface area contributed by atoms with E-state index in [1.807, 2.05) is 12.1 Å². The quantitative estimate of drug-likeness (QED) is 0.854. The van der Waals surface area contributed by atoms with E-state index in [4.69, 9.17) is 0 Å². The monoisotopic (exact) mass is 278 g/mol. The van der Waals surface area contributed by atoms with Gasteiger partial charge < -0.3 is 10.2 Å². The number of benzene rings is 1. The Bertz CT molecular complexity index is 402. The molecular formula is C17H27FN2. The van der Waals surface area contributed by atoms with Crippen LogP contribution in [-0.2, 0) is 0 Å².